The third-order valence-electron chi connectivity index (χ3n) is 4.02. The zero-order valence-electron chi connectivity index (χ0n) is 13.5. The number of aryl methyl sites for hydroxylation is 1. The Morgan fingerprint density at radius 2 is 2.00 bits per heavy atom. The first-order chi connectivity index (χ1) is 9.51. The summed E-state index contributed by atoms with van der Waals surface area (Å²) in [5, 5.41) is 0. The molecule has 1 aromatic carbocycles. The van der Waals surface area contributed by atoms with Gasteiger partial charge in [0, 0.05) is 0 Å². The third kappa shape index (κ3) is 3.99. The van der Waals surface area contributed by atoms with Crippen LogP contribution in [0.1, 0.15) is 45.2 Å². The van der Waals surface area contributed by atoms with E-state index in [-0.39, 0.29) is 0 Å². The van der Waals surface area contributed by atoms with E-state index < -0.39 is 0 Å². The highest BCUT2D eigenvalue weighted by Crippen LogP contribution is 2.34. The summed E-state index contributed by atoms with van der Waals surface area (Å²) in [4.78, 5) is 0. The quantitative estimate of drug-likeness (QED) is 0.689. The molecule has 0 saturated carbocycles. The predicted octanol–water partition coefficient (Wildman–Crippen LogP) is 4.39. The van der Waals surface area contributed by atoms with Crippen LogP contribution >= 0.6 is 0 Å². The fraction of sp³-hybridized carbons (Fsp3) is 0.667. The zero-order chi connectivity index (χ0) is 14.7. The summed E-state index contributed by atoms with van der Waals surface area (Å²) in [6, 6.07) is 6.48. The van der Waals surface area contributed by atoms with Crippen molar-refractivity contribution in [1.82, 2.24) is 0 Å². The van der Waals surface area contributed by atoms with Crippen LogP contribution in [0.3, 0.4) is 0 Å². The Hall–Kier alpha value is -1.02. The molecule has 0 aromatic heterocycles. The number of epoxide rings is 1. The summed E-state index contributed by atoms with van der Waals surface area (Å²) >= 11 is 0. The van der Waals surface area contributed by atoms with E-state index in [1.807, 2.05) is 0 Å². The second kappa shape index (κ2) is 6.62. The van der Waals surface area contributed by atoms with Gasteiger partial charge < -0.3 is 9.47 Å². The van der Waals surface area contributed by atoms with E-state index >= 15 is 0 Å². The number of ether oxygens (including phenoxy) is 2. The van der Waals surface area contributed by atoms with Crippen molar-refractivity contribution in [1.29, 1.82) is 0 Å². The summed E-state index contributed by atoms with van der Waals surface area (Å²) in [7, 11) is 0. The molecule has 112 valence electrons. The normalized spacial score (nSPS) is 22.9. The van der Waals surface area contributed by atoms with E-state index in [0.29, 0.717) is 24.0 Å². The van der Waals surface area contributed by atoms with Gasteiger partial charge in [0.15, 0.2) is 0 Å². The topological polar surface area (TPSA) is 21.8 Å². The zero-order valence-corrected chi connectivity index (χ0v) is 13.5. The van der Waals surface area contributed by atoms with Gasteiger partial charge in [-0.1, -0.05) is 33.8 Å². The molecular weight excluding hydrogens is 248 g/mol. The maximum absolute atomic E-state index is 5.78. The fourth-order valence-electron chi connectivity index (χ4n) is 2.70. The second-order valence-electron chi connectivity index (χ2n) is 6.52. The van der Waals surface area contributed by atoms with Crippen molar-refractivity contribution in [3.63, 3.8) is 0 Å². The Morgan fingerprint density at radius 1 is 1.25 bits per heavy atom. The van der Waals surface area contributed by atoms with Gasteiger partial charge in [0.05, 0.1) is 18.8 Å². The second-order valence-corrected chi connectivity index (χ2v) is 6.52. The molecule has 0 amide bonds. The Morgan fingerprint density at radius 3 is 2.55 bits per heavy atom. The van der Waals surface area contributed by atoms with Gasteiger partial charge >= 0.3 is 0 Å². The molecule has 20 heavy (non-hydrogen) atoms. The molecule has 1 saturated heterocycles. The van der Waals surface area contributed by atoms with Gasteiger partial charge in [-0.15, -0.1) is 0 Å². The molecule has 0 radical (unpaired) electrons. The molecule has 3 unspecified atom stereocenters. The molecule has 0 N–H and O–H groups in total. The van der Waals surface area contributed by atoms with Gasteiger partial charge in [-0.2, -0.15) is 0 Å². The van der Waals surface area contributed by atoms with Crippen LogP contribution in [-0.4, -0.2) is 18.8 Å². The fourth-order valence-corrected chi connectivity index (χ4v) is 2.70. The van der Waals surface area contributed by atoms with Gasteiger partial charge in [0.2, 0.25) is 0 Å². The van der Waals surface area contributed by atoms with E-state index in [2.05, 4.69) is 52.8 Å². The molecule has 1 aliphatic rings. The van der Waals surface area contributed by atoms with Crippen molar-refractivity contribution in [3.05, 3.63) is 29.3 Å². The third-order valence-corrected chi connectivity index (χ3v) is 4.02. The first-order valence-electron chi connectivity index (χ1n) is 7.89. The lowest BCUT2D eigenvalue weighted by atomic mass is 9.93. The van der Waals surface area contributed by atoms with Crippen LogP contribution in [0.2, 0.25) is 0 Å². The average Bonchev–Trinajstić information content (AvgIpc) is 3.18. The monoisotopic (exact) mass is 276 g/mol. The molecular formula is C18H28O2. The van der Waals surface area contributed by atoms with Crippen LogP contribution < -0.4 is 4.74 Å². The summed E-state index contributed by atoms with van der Waals surface area (Å²) in [6.07, 6.45) is 3.20. The molecule has 1 heterocycles. The highest BCUT2D eigenvalue weighted by Gasteiger charge is 2.41. The first kappa shape index (κ1) is 15.4. The molecule has 0 bridgehead atoms. The molecule has 1 aliphatic heterocycles. The van der Waals surface area contributed by atoms with Crippen LogP contribution in [0, 0.1) is 18.8 Å². The molecule has 0 spiro atoms. The molecule has 1 fully saturated rings. The van der Waals surface area contributed by atoms with E-state index in [4.69, 9.17) is 9.47 Å². The van der Waals surface area contributed by atoms with E-state index in [1.54, 1.807) is 0 Å². The van der Waals surface area contributed by atoms with Crippen LogP contribution in [0.15, 0.2) is 18.2 Å². The highest BCUT2D eigenvalue weighted by atomic mass is 16.6. The number of hydrogen-bond acceptors (Lipinski definition) is 2. The number of hydrogen-bond donors (Lipinski definition) is 0. The van der Waals surface area contributed by atoms with Crippen molar-refractivity contribution in [3.8, 4) is 5.75 Å². The van der Waals surface area contributed by atoms with E-state index in [0.717, 1.165) is 25.2 Å². The maximum Gasteiger partial charge on any atom is 0.119 e. The molecule has 0 aliphatic carbocycles. The lowest BCUT2D eigenvalue weighted by molar-refractivity contribution is 0.271. The lowest BCUT2D eigenvalue weighted by Gasteiger charge is -2.14. The maximum atomic E-state index is 5.78. The number of rotatable bonds is 7. The Labute approximate surface area is 123 Å². The van der Waals surface area contributed by atoms with Gasteiger partial charge in [0.1, 0.15) is 5.75 Å². The van der Waals surface area contributed by atoms with Crippen LogP contribution in [-0.2, 0) is 11.2 Å². The van der Waals surface area contributed by atoms with Gasteiger partial charge in [0.25, 0.3) is 0 Å². The highest BCUT2D eigenvalue weighted by molar-refractivity contribution is 5.35. The summed E-state index contributed by atoms with van der Waals surface area (Å²) in [5.41, 5.74) is 2.74. The first-order valence-corrected chi connectivity index (χ1v) is 7.89. The summed E-state index contributed by atoms with van der Waals surface area (Å²) < 4.78 is 11.5. The van der Waals surface area contributed by atoms with Gasteiger partial charge in [-0.05, 0) is 54.9 Å². The minimum absolute atomic E-state index is 0.469. The SMILES string of the molecule is CCC1OC1C(C)Cc1ccc(OCC(C)C)cc1C. The van der Waals surface area contributed by atoms with Crippen molar-refractivity contribution < 1.29 is 9.47 Å². The summed E-state index contributed by atoms with van der Waals surface area (Å²) in [5.74, 6) is 2.15. The molecule has 2 nitrogen and oxygen atoms in total. The molecule has 3 atom stereocenters. The Balaban J connectivity index is 1.92. The standard InChI is InChI=1S/C18H28O2/c1-6-17-18(20-17)14(5)9-15-7-8-16(10-13(15)4)19-11-12(2)3/h7-8,10,12,14,17-18H,6,9,11H2,1-5H3. The predicted molar refractivity (Wildman–Crippen MR) is 83.3 cm³/mol. The molecule has 2 heteroatoms. The van der Waals surface area contributed by atoms with Crippen LogP contribution in [0.4, 0.5) is 0 Å². The average molecular weight is 276 g/mol. The molecule has 1 aromatic rings. The van der Waals surface area contributed by atoms with Crippen LogP contribution in [0.25, 0.3) is 0 Å². The van der Waals surface area contributed by atoms with Crippen molar-refractivity contribution in [2.75, 3.05) is 6.61 Å². The Kier molecular flexibility index (Phi) is 5.09. The van der Waals surface area contributed by atoms with Gasteiger partial charge in [-0.25, -0.2) is 0 Å². The minimum atomic E-state index is 0.469. The van der Waals surface area contributed by atoms with Crippen molar-refractivity contribution >= 4 is 0 Å². The number of benzene rings is 1. The van der Waals surface area contributed by atoms with Crippen molar-refractivity contribution in [2.45, 2.75) is 59.7 Å². The molecule has 2 rings (SSSR count). The largest absolute Gasteiger partial charge is 0.493 e. The van der Waals surface area contributed by atoms with E-state index in [9.17, 15) is 0 Å². The Bertz CT molecular complexity index is 439. The van der Waals surface area contributed by atoms with Crippen LogP contribution in [0.5, 0.6) is 5.75 Å². The smallest absolute Gasteiger partial charge is 0.119 e. The lowest BCUT2D eigenvalue weighted by Crippen LogP contribution is -2.11. The summed E-state index contributed by atoms with van der Waals surface area (Å²) in [6.45, 7) is 11.8. The van der Waals surface area contributed by atoms with E-state index in [1.165, 1.54) is 11.1 Å². The minimum Gasteiger partial charge on any atom is -0.493 e. The van der Waals surface area contributed by atoms with Crippen molar-refractivity contribution in [2.24, 2.45) is 11.8 Å². The van der Waals surface area contributed by atoms with Gasteiger partial charge in [-0.3, -0.25) is 0 Å².